The van der Waals surface area contributed by atoms with E-state index in [1.165, 1.54) is 11.3 Å². The molecule has 0 atom stereocenters. The lowest BCUT2D eigenvalue weighted by Crippen LogP contribution is -1.98. The highest BCUT2D eigenvalue weighted by Crippen LogP contribution is 2.26. The molecule has 9 heteroatoms. The molecule has 4 aromatic rings. The van der Waals surface area contributed by atoms with Crippen LogP contribution >= 0.6 is 11.3 Å². The van der Waals surface area contributed by atoms with Gasteiger partial charge in [-0.25, -0.2) is 0 Å². The predicted octanol–water partition coefficient (Wildman–Crippen LogP) is 1.41. The molecule has 0 saturated heterocycles. The van der Waals surface area contributed by atoms with Crippen molar-refractivity contribution in [2.45, 2.75) is 19.8 Å². The second-order valence-electron chi connectivity index (χ2n) is 4.71. The van der Waals surface area contributed by atoms with Crippen molar-refractivity contribution in [1.82, 2.24) is 39.9 Å². The van der Waals surface area contributed by atoms with Gasteiger partial charge < -0.3 is 0 Å². The first-order valence-corrected chi connectivity index (χ1v) is 6.94. The number of fused-ring (bicyclic) bond motifs is 2. The summed E-state index contributed by atoms with van der Waals surface area (Å²) in [6.07, 6.45) is 1.86. The summed E-state index contributed by atoms with van der Waals surface area (Å²) in [6, 6.07) is 3.81. The molecular weight excluding hydrogens is 276 g/mol. The van der Waals surface area contributed by atoms with Crippen LogP contribution in [0.25, 0.3) is 21.2 Å². The van der Waals surface area contributed by atoms with E-state index in [1.54, 1.807) is 9.03 Å². The Morgan fingerprint density at radius 2 is 2.05 bits per heavy atom. The molecule has 0 fully saturated rings. The van der Waals surface area contributed by atoms with E-state index in [9.17, 15) is 0 Å². The van der Waals surface area contributed by atoms with Gasteiger partial charge in [-0.2, -0.15) is 14.1 Å². The first kappa shape index (κ1) is 11.4. The van der Waals surface area contributed by atoms with Gasteiger partial charge in [-0.1, -0.05) is 25.2 Å². The SMILES string of the molecule is CC(C)c1nnc2sc(-c3ccc4nnnn4c3)nn12. The van der Waals surface area contributed by atoms with Crippen LogP contribution in [0.2, 0.25) is 0 Å². The molecule has 20 heavy (non-hydrogen) atoms. The minimum Gasteiger partial charge on any atom is -0.200 e. The van der Waals surface area contributed by atoms with Crippen molar-refractivity contribution in [3.8, 4) is 10.6 Å². The minimum atomic E-state index is 0.280. The normalized spacial score (nSPS) is 11.9. The van der Waals surface area contributed by atoms with Crippen LogP contribution in [0.5, 0.6) is 0 Å². The number of aromatic nitrogens is 8. The molecule has 4 heterocycles. The van der Waals surface area contributed by atoms with Gasteiger partial charge in [-0.15, -0.1) is 15.3 Å². The summed E-state index contributed by atoms with van der Waals surface area (Å²) in [5.74, 6) is 1.15. The van der Waals surface area contributed by atoms with Crippen molar-refractivity contribution in [2.75, 3.05) is 0 Å². The maximum absolute atomic E-state index is 4.58. The van der Waals surface area contributed by atoms with Crippen molar-refractivity contribution in [1.29, 1.82) is 0 Å². The quantitative estimate of drug-likeness (QED) is 0.554. The molecule has 0 aromatic carbocycles. The number of pyridine rings is 1. The van der Waals surface area contributed by atoms with Crippen molar-refractivity contribution in [3.05, 3.63) is 24.2 Å². The van der Waals surface area contributed by atoms with E-state index in [1.807, 2.05) is 18.3 Å². The van der Waals surface area contributed by atoms with Crippen LogP contribution in [0, 0.1) is 0 Å². The first-order valence-electron chi connectivity index (χ1n) is 6.12. The highest BCUT2D eigenvalue weighted by Gasteiger charge is 2.15. The van der Waals surface area contributed by atoms with Crippen molar-refractivity contribution in [3.63, 3.8) is 0 Å². The van der Waals surface area contributed by atoms with E-state index >= 15 is 0 Å². The van der Waals surface area contributed by atoms with Crippen LogP contribution in [-0.4, -0.2) is 39.9 Å². The third kappa shape index (κ3) is 1.59. The predicted molar refractivity (Wildman–Crippen MR) is 72.5 cm³/mol. The summed E-state index contributed by atoms with van der Waals surface area (Å²) in [7, 11) is 0. The second-order valence-corrected chi connectivity index (χ2v) is 5.67. The molecule has 0 saturated carbocycles. The van der Waals surface area contributed by atoms with Gasteiger partial charge in [0, 0.05) is 17.7 Å². The molecule has 0 amide bonds. The fourth-order valence-electron chi connectivity index (χ4n) is 1.98. The van der Waals surface area contributed by atoms with E-state index in [4.69, 9.17) is 0 Å². The average Bonchev–Trinajstić information content (AvgIpc) is 3.11. The Morgan fingerprint density at radius 1 is 1.15 bits per heavy atom. The Morgan fingerprint density at radius 3 is 2.90 bits per heavy atom. The molecule has 4 rings (SSSR count). The highest BCUT2D eigenvalue weighted by atomic mass is 32.1. The van der Waals surface area contributed by atoms with E-state index in [2.05, 4.69) is 44.7 Å². The van der Waals surface area contributed by atoms with Crippen molar-refractivity contribution >= 4 is 21.9 Å². The van der Waals surface area contributed by atoms with Gasteiger partial charge in [0.1, 0.15) is 5.01 Å². The monoisotopic (exact) mass is 286 g/mol. The van der Waals surface area contributed by atoms with Gasteiger partial charge in [-0.05, 0) is 22.6 Å². The molecule has 0 unspecified atom stereocenters. The molecule has 0 N–H and O–H groups in total. The molecule has 8 nitrogen and oxygen atoms in total. The number of rotatable bonds is 2. The number of nitrogens with zero attached hydrogens (tertiary/aromatic N) is 8. The van der Waals surface area contributed by atoms with Gasteiger partial charge in [0.15, 0.2) is 11.5 Å². The molecule has 0 aliphatic heterocycles. The fraction of sp³-hybridized carbons (Fsp3) is 0.273. The van der Waals surface area contributed by atoms with Gasteiger partial charge >= 0.3 is 0 Å². The van der Waals surface area contributed by atoms with Crippen molar-refractivity contribution < 1.29 is 0 Å². The van der Waals surface area contributed by atoms with Gasteiger partial charge in [0.25, 0.3) is 0 Å². The maximum atomic E-state index is 4.58. The lowest BCUT2D eigenvalue weighted by Gasteiger charge is -1.98. The zero-order valence-corrected chi connectivity index (χ0v) is 11.6. The molecule has 0 aliphatic carbocycles. The summed E-state index contributed by atoms with van der Waals surface area (Å²) >= 11 is 1.50. The molecule has 0 spiro atoms. The average molecular weight is 286 g/mol. The fourth-order valence-corrected chi connectivity index (χ4v) is 2.81. The van der Waals surface area contributed by atoms with E-state index in [-0.39, 0.29) is 5.92 Å². The van der Waals surface area contributed by atoms with Crippen LogP contribution < -0.4 is 0 Å². The maximum Gasteiger partial charge on any atom is 0.234 e. The molecule has 100 valence electrons. The Bertz CT molecular complexity index is 901. The highest BCUT2D eigenvalue weighted by molar-refractivity contribution is 7.19. The van der Waals surface area contributed by atoms with E-state index in [0.29, 0.717) is 5.65 Å². The molecule has 0 bridgehead atoms. The van der Waals surface area contributed by atoms with Crippen LogP contribution in [0.1, 0.15) is 25.6 Å². The Balaban J connectivity index is 1.88. The second kappa shape index (κ2) is 4.04. The first-order chi connectivity index (χ1) is 9.72. The summed E-state index contributed by atoms with van der Waals surface area (Å²) < 4.78 is 3.43. The summed E-state index contributed by atoms with van der Waals surface area (Å²) in [5, 5.41) is 25.2. The zero-order chi connectivity index (χ0) is 13.7. The largest absolute Gasteiger partial charge is 0.234 e. The third-order valence-corrected chi connectivity index (χ3v) is 3.92. The van der Waals surface area contributed by atoms with Crippen LogP contribution in [0.4, 0.5) is 0 Å². The molecule has 0 aliphatic rings. The lowest BCUT2D eigenvalue weighted by molar-refractivity contribution is 0.726. The van der Waals surface area contributed by atoms with Crippen LogP contribution in [0.15, 0.2) is 18.3 Å². The topological polar surface area (TPSA) is 86.2 Å². The Kier molecular flexibility index (Phi) is 2.30. The van der Waals surface area contributed by atoms with E-state index < -0.39 is 0 Å². The van der Waals surface area contributed by atoms with E-state index in [0.717, 1.165) is 21.4 Å². The Labute approximate surface area is 117 Å². The van der Waals surface area contributed by atoms with Gasteiger partial charge in [0.2, 0.25) is 4.96 Å². The number of hydrogen-bond acceptors (Lipinski definition) is 7. The summed E-state index contributed by atoms with van der Waals surface area (Å²) in [6.45, 7) is 4.14. The molecule has 0 radical (unpaired) electrons. The third-order valence-electron chi connectivity index (χ3n) is 2.97. The van der Waals surface area contributed by atoms with Gasteiger partial charge in [0.05, 0.1) is 0 Å². The zero-order valence-electron chi connectivity index (χ0n) is 10.8. The number of tetrazole rings is 1. The standard InChI is InChI=1S/C11H10N8S/c1-6(2)9-13-14-11-19(9)15-10(20-11)7-3-4-8-12-16-17-18(8)5-7/h3-6H,1-2H3. The molecule has 4 aromatic heterocycles. The van der Waals surface area contributed by atoms with Crippen LogP contribution in [-0.2, 0) is 0 Å². The summed E-state index contributed by atoms with van der Waals surface area (Å²) in [5.41, 5.74) is 1.66. The van der Waals surface area contributed by atoms with Crippen molar-refractivity contribution in [2.24, 2.45) is 0 Å². The van der Waals surface area contributed by atoms with Crippen LogP contribution in [0.3, 0.4) is 0 Å². The number of hydrogen-bond donors (Lipinski definition) is 0. The minimum absolute atomic E-state index is 0.280. The summed E-state index contributed by atoms with van der Waals surface area (Å²) in [4.78, 5) is 0.792. The van der Waals surface area contributed by atoms with Gasteiger partial charge in [-0.3, -0.25) is 0 Å². The Hall–Kier alpha value is -2.42. The lowest BCUT2D eigenvalue weighted by atomic mass is 10.2. The smallest absolute Gasteiger partial charge is 0.200 e. The molecular formula is C11H10N8S.